The summed E-state index contributed by atoms with van der Waals surface area (Å²) in [5.41, 5.74) is 6.48. The van der Waals surface area contributed by atoms with Crippen molar-refractivity contribution in [1.29, 1.82) is 0 Å². The molecule has 142 valence electrons. The molecule has 1 N–H and O–H groups in total. The Hall–Kier alpha value is -4.13. The Morgan fingerprint density at radius 3 is 2.17 bits per heavy atom. The first kappa shape index (κ1) is 18.2. The highest BCUT2D eigenvalue weighted by atomic mass is 16.2. The molecule has 0 fully saturated rings. The van der Waals surface area contributed by atoms with Crippen molar-refractivity contribution in [3.8, 4) is 22.5 Å². The van der Waals surface area contributed by atoms with E-state index in [4.69, 9.17) is 0 Å². The highest BCUT2D eigenvalue weighted by Crippen LogP contribution is 2.18. The molecule has 0 saturated heterocycles. The third-order valence-electron chi connectivity index (χ3n) is 4.19. The van der Waals surface area contributed by atoms with Crippen LogP contribution in [0.5, 0.6) is 0 Å². The number of hydrazone groups is 1. The summed E-state index contributed by atoms with van der Waals surface area (Å²) in [5.74, 6) is 0.138. The van der Waals surface area contributed by atoms with E-state index in [2.05, 4.69) is 38.1 Å². The molecule has 0 atom stereocenters. The molecular weight excluding hydrogens is 364 g/mol. The standard InChI is InChI=1S/C22H18N6O/c29-21(16-28-26-22(25-27-28)20-9-5-2-6-10-20)24-23-15-17-11-13-19(14-12-17)18-7-3-1-4-8-18/h1-15H,16H2,(H,24,29)/b23-15+. The number of aromatic nitrogens is 4. The summed E-state index contributed by atoms with van der Waals surface area (Å²) in [6.45, 7) is -0.0654. The Morgan fingerprint density at radius 2 is 1.48 bits per heavy atom. The van der Waals surface area contributed by atoms with E-state index in [-0.39, 0.29) is 12.5 Å². The highest BCUT2D eigenvalue weighted by molar-refractivity contribution is 5.83. The van der Waals surface area contributed by atoms with Crippen LogP contribution in [-0.4, -0.2) is 32.3 Å². The molecule has 4 rings (SSSR count). The zero-order chi connectivity index (χ0) is 19.9. The number of tetrazole rings is 1. The van der Waals surface area contributed by atoms with Gasteiger partial charge in [0.1, 0.15) is 6.54 Å². The molecule has 1 heterocycles. The zero-order valence-corrected chi connectivity index (χ0v) is 15.5. The summed E-state index contributed by atoms with van der Waals surface area (Å²) in [6, 6.07) is 27.5. The van der Waals surface area contributed by atoms with Crippen LogP contribution in [0.2, 0.25) is 0 Å². The lowest BCUT2D eigenvalue weighted by atomic mass is 10.0. The molecule has 0 radical (unpaired) electrons. The molecule has 29 heavy (non-hydrogen) atoms. The third kappa shape index (κ3) is 4.78. The molecule has 0 bridgehead atoms. The summed E-state index contributed by atoms with van der Waals surface area (Å²) in [4.78, 5) is 13.3. The Labute approximate surface area is 167 Å². The van der Waals surface area contributed by atoms with Crippen molar-refractivity contribution in [2.24, 2.45) is 5.10 Å². The fraction of sp³-hybridized carbons (Fsp3) is 0.0455. The topological polar surface area (TPSA) is 85.1 Å². The number of carbonyl (C=O) groups is 1. The molecule has 4 aromatic rings. The van der Waals surface area contributed by atoms with Crippen molar-refractivity contribution in [2.75, 3.05) is 0 Å². The normalized spacial score (nSPS) is 10.9. The van der Waals surface area contributed by atoms with Gasteiger partial charge in [0.2, 0.25) is 5.82 Å². The van der Waals surface area contributed by atoms with Gasteiger partial charge >= 0.3 is 0 Å². The third-order valence-corrected chi connectivity index (χ3v) is 4.19. The van der Waals surface area contributed by atoms with Crippen LogP contribution < -0.4 is 5.43 Å². The van der Waals surface area contributed by atoms with Crippen LogP contribution in [0.25, 0.3) is 22.5 Å². The smallest absolute Gasteiger partial charge is 0.263 e. The van der Waals surface area contributed by atoms with Crippen LogP contribution in [0.3, 0.4) is 0 Å². The average molecular weight is 382 g/mol. The maximum Gasteiger partial charge on any atom is 0.263 e. The molecule has 0 aliphatic heterocycles. The summed E-state index contributed by atoms with van der Waals surface area (Å²) in [6.07, 6.45) is 1.59. The molecule has 0 saturated carbocycles. The zero-order valence-electron chi connectivity index (χ0n) is 15.5. The minimum atomic E-state index is -0.334. The van der Waals surface area contributed by atoms with E-state index in [1.807, 2.05) is 72.8 Å². The first-order valence-corrected chi connectivity index (χ1v) is 9.08. The first-order chi connectivity index (χ1) is 14.3. The number of benzene rings is 3. The first-order valence-electron chi connectivity index (χ1n) is 9.08. The minimum Gasteiger partial charge on any atom is -0.271 e. The summed E-state index contributed by atoms with van der Waals surface area (Å²) < 4.78 is 0. The lowest BCUT2D eigenvalue weighted by Gasteiger charge is -2.02. The van der Waals surface area contributed by atoms with E-state index in [0.29, 0.717) is 5.82 Å². The van der Waals surface area contributed by atoms with Crippen LogP contribution in [0.4, 0.5) is 0 Å². The van der Waals surface area contributed by atoms with E-state index in [1.54, 1.807) is 6.21 Å². The van der Waals surface area contributed by atoms with Crippen LogP contribution >= 0.6 is 0 Å². The highest BCUT2D eigenvalue weighted by Gasteiger charge is 2.08. The van der Waals surface area contributed by atoms with Crippen molar-refractivity contribution in [1.82, 2.24) is 25.6 Å². The van der Waals surface area contributed by atoms with Crippen molar-refractivity contribution < 1.29 is 4.79 Å². The average Bonchev–Trinajstić information content (AvgIpc) is 3.24. The second-order valence-electron chi connectivity index (χ2n) is 6.29. The van der Waals surface area contributed by atoms with E-state index in [9.17, 15) is 4.79 Å². The fourth-order valence-corrected chi connectivity index (χ4v) is 2.75. The molecule has 3 aromatic carbocycles. The molecule has 0 unspecified atom stereocenters. The lowest BCUT2D eigenvalue weighted by molar-refractivity contribution is -0.122. The molecule has 1 aromatic heterocycles. The predicted molar refractivity (Wildman–Crippen MR) is 111 cm³/mol. The fourth-order valence-electron chi connectivity index (χ4n) is 2.75. The van der Waals surface area contributed by atoms with Gasteiger partial charge in [-0.25, -0.2) is 5.43 Å². The summed E-state index contributed by atoms with van der Waals surface area (Å²) >= 11 is 0. The van der Waals surface area contributed by atoms with Crippen LogP contribution in [0, 0.1) is 0 Å². The second kappa shape index (κ2) is 8.71. The monoisotopic (exact) mass is 382 g/mol. The predicted octanol–water partition coefficient (Wildman–Crippen LogP) is 3.16. The maximum atomic E-state index is 12.0. The van der Waals surface area contributed by atoms with Gasteiger partial charge in [-0.2, -0.15) is 9.90 Å². The van der Waals surface area contributed by atoms with Crippen LogP contribution in [0.1, 0.15) is 5.56 Å². The maximum absolute atomic E-state index is 12.0. The minimum absolute atomic E-state index is 0.0654. The van der Waals surface area contributed by atoms with E-state index < -0.39 is 0 Å². The van der Waals surface area contributed by atoms with E-state index >= 15 is 0 Å². The molecule has 7 heteroatoms. The molecule has 0 aliphatic carbocycles. The molecule has 1 amide bonds. The van der Waals surface area contributed by atoms with Crippen LogP contribution in [0.15, 0.2) is 90.0 Å². The lowest BCUT2D eigenvalue weighted by Crippen LogP contribution is -2.24. The number of hydrogen-bond acceptors (Lipinski definition) is 5. The van der Waals surface area contributed by atoms with Gasteiger partial charge in [-0.1, -0.05) is 84.9 Å². The Kier molecular flexibility index (Phi) is 5.48. The van der Waals surface area contributed by atoms with Gasteiger partial charge in [0, 0.05) is 5.56 Å². The number of nitrogens with one attached hydrogen (secondary N) is 1. The number of nitrogens with zero attached hydrogens (tertiary/aromatic N) is 5. The number of carbonyl (C=O) groups excluding carboxylic acids is 1. The van der Waals surface area contributed by atoms with Gasteiger partial charge in [0.05, 0.1) is 6.21 Å². The Bertz CT molecular complexity index is 1110. The van der Waals surface area contributed by atoms with Gasteiger partial charge in [-0.15, -0.1) is 10.2 Å². The Balaban J connectivity index is 1.32. The van der Waals surface area contributed by atoms with E-state index in [1.165, 1.54) is 4.80 Å². The molecule has 7 nitrogen and oxygen atoms in total. The van der Waals surface area contributed by atoms with Crippen molar-refractivity contribution >= 4 is 12.1 Å². The Morgan fingerprint density at radius 1 is 0.862 bits per heavy atom. The van der Waals surface area contributed by atoms with Crippen LogP contribution in [-0.2, 0) is 11.3 Å². The number of amides is 1. The van der Waals surface area contributed by atoms with Crippen molar-refractivity contribution in [3.63, 3.8) is 0 Å². The van der Waals surface area contributed by atoms with Crippen molar-refractivity contribution in [3.05, 3.63) is 90.5 Å². The van der Waals surface area contributed by atoms with E-state index in [0.717, 1.165) is 22.3 Å². The number of rotatable bonds is 6. The summed E-state index contributed by atoms with van der Waals surface area (Å²) in [7, 11) is 0. The van der Waals surface area contributed by atoms with Gasteiger partial charge in [0.25, 0.3) is 5.91 Å². The van der Waals surface area contributed by atoms with Gasteiger partial charge in [0.15, 0.2) is 0 Å². The van der Waals surface area contributed by atoms with Gasteiger partial charge in [-0.3, -0.25) is 4.79 Å². The van der Waals surface area contributed by atoms with Gasteiger partial charge < -0.3 is 0 Å². The molecule has 0 aliphatic rings. The molecular formula is C22H18N6O. The summed E-state index contributed by atoms with van der Waals surface area (Å²) in [5, 5.41) is 16.1. The SMILES string of the molecule is O=C(Cn1nnc(-c2ccccc2)n1)N/N=C/c1ccc(-c2ccccc2)cc1. The quantitative estimate of drug-likeness (QED) is 0.410. The van der Waals surface area contributed by atoms with Gasteiger partial charge in [-0.05, 0) is 21.9 Å². The second-order valence-corrected chi connectivity index (χ2v) is 6.29. The largest absolute Gasteiger partial charge is 0.271 e. The number of hydrogen-bond donors (Lipinski definition) is 1. The van der Waals surface area contributed by atoms with Crippen molar-refractivity contribution in [2.45, 2.75) is 6.54 Å². The molecule has 0 spiro atoms.